The summed E-state index contributed by atoms with van der Waals surface area (Å²) in [6.45, 7) is 0. The van der Waals surface area contributed by atoms with Crippen LogP contribution in [0.15, 0.2) is 112 Å². The molecule has 0 spiro atoms. The number of hydrogen-bond acceptors (Lipinski definition) is 5. The number of azo groups is 1. The van der Waals surface area contributed by atoms with E-state index in [-0.39, 0.29) is 10.6 Å². The fraction of sp³-hybridized carbons (Fsp3) is 0.0435. The molecule has 0 amide bonds. The molecule has 0 fully saturated rings. The number of rotatable bonds is 6. The van der Waals surface area contributed by atoms with Gasteiger partial charge in [-0.25, -0.2) is 0 Å². The second-order valence-electron chi connectivity index (χ2n) is 6.42. The van der Waals surface area contributed by atoms with E-state index in [4.69, 9.17) is 4.18 Å². The zero-order valence-electron chi connectivity index (χ0n) is 15.5. The summed E-state index contributed by atoms with van der Waals surface area (Å²) < 4.78 is 29.7. The van der Waals surface area contributed by atoms with Crippen LogP contribution in [0.25, 0.3) is 5.57 Å². The van der Waals surface area contributed by atoms with Crippen LogP contribution in [0.2, 0.25) is 0 Å². The van der Waals surface area contributed by atoms with Crippen LogP contribution in [-0.4, -0.2) is 8.42 Å². The summed E-state index contributed by atoms with van der Waals surface area (Å²) in [5, 5.41) is 8.50. The van der Waals surface area contributed by atoms with Gasteiger partial charge in [-0.3, -0.25) is 0 Å². The molecule has 1 aliphatic carbocycles. The van der Waals surface area contributed by atoms with Crippen LogP contribution >= 0.6 is 0 Å². The summed E-state index contributed by atoms with van der Waals surface area (Å²) >= 11 is 0. The highest BCUT2D eigenvalue weighted by Crippen LogP contribution is 2.28. The normalized spacial score (nSPS) is 13.6. The average Bonchev–Trinajstić information content (AvgIpc) is 3.29. The fourth-order valence-corrected chi connectivity index (χ4v) is 3.83. The summed E-state index contributed by atoms with van der Waals surface area (Å²) in [5.74, 6) is 0.218. The van der Waals surface area contributed by atoms with E-state index < -0.39 is 10.1 Å². The first kappa shape index (κ1) is 18.8. The Kier molecular flexibility index (Phi) is 5.35. The maximum atomic E-state index is 12.3. The summed E-state index contributed by atoms with van der Waals surface area (Å²) in [7, 11) is -3.86. The predicted octanol–water partition coefficient (Wildman–Crippen LogP) is 6.21. The third-order valence-corrected chi connectivity index (χ3v) is 5.61. The van der Waals surface area contributed by atoms with Gasteiger partial charge in [0, 0.05) is 0 Å². The van der Waals surface area contributed by atoms with E-state index in [1.54, 1.807) is 42.5 Å². The van der Waals surface area contributed by atoms with Crippen molar-refractivity contribution in [1.82, 2.24) is 0 Å². The number of benzene rings is 3. The van der Waals surface area contributed by atoms with Crippen LogP contribution in [0.5, 0.6) is 5.75 Å². The molecule has 0 bridgehead atoms. The Morgan fingerprint density at radius 3 is 2.28 bits per heavy atom. The molecule has 1 aliphatic rings. The molecule has 6 heteroatoms. The van der Waals surface area contributed by atoms with Gasteiger partial charge in [0.25, 0.3) is 0 Å². The molecule has 0 saturated carbocycles. The largest absolute Gasteiger partial charge is 0.379 e. The van der Waals surface area contributed by atoms with Crippen LogP contribution in [0.4, 0.5) is 11.4 Å². The van der Waals surface area contributed by atoms with Crippen molar-refractivity contribution < 1.29 is 12.6 Å². The minimum Gasteiger partial charge on any atom is -0.379 e. The van der Waals surface area contributed by atoms with Crippen LogP contribution in [0.3, 0.4) is 0 Å². The van der Waals surface area contributed by atoms with E-state index in [1.165, 1.54) is 17.7 Å². The van der Waals surface area contributed by atoms with E-state index in [2.05, 4.69) is 28.4 Å². The quantitative estimate of drug-likeness (QED) is 0.363. The first-order valence-corrected chi connectivity index (χ1v) is 10.5. The van der Waals surface area contributed by atoms with Crippen LogP contribution < -0.4 is 4.18 Å². The van der Waals surface area contributed by atoms with Crippen molar-refractivity contribution >= 4 is 27.1 Å². The van der Waals surface area contributed by atoms with Crippen molar-refractivity contribution in [3.05, 3.63) is 103 Å². The topological polar surface area (TPSA) is 68.1 Å². The van der Waals surface area contributed by atoms with Gasteiger partial charge < -0.3 is 4.18 Å². The van der Waals surface area contributed by atoms with Crippen molar-refractivity contribution in [2.75, 3.05) is 0 Å². The summed E-state index contributed by atoms with van der Waals surface area (Å²) in [5.41, 5.74) is 3.73. The molecule has 0 unspecified atom stereocenters. The second-order valence-corrected chi connectivity index (χ2v) is 7.97. The van der Waals surface area contributed by atoms with E-state index >= 15 is 0 Å². The molecule has 5 nitrogen and oxygen atoms in total. The van der Waals surface area contributed by atoms with Gasteiger partial charge in [0.2, 0.25) is 0 Å². The van der Waals surface area contributed by atoms with Gasteiger partial charge in [-0.2, -0.15) is 18.6 Å². The molecule has 0 aromatic heterocycles. The van der Waals surface area contributed by atoms with Crippen LogP contribution in [0, 0.1) is 0 Å². The molecule has 0 atom stereocenters. The highest BCUT2D eigenvalue weighted by molar-refractivity contribution is 7.87. The molecular formula is C23H18N2O3S. The molecule has 0 saturated heterocycles. The molecule has 4 rings (SSSR count). The van der Waals surface area contributed by atoms with Gasteiger partial charge in [-0.15, -0.1) is 0 Å². The smallest absolute Gasteiger partial charge is 0.339 e. The lowest BCUT2D eigenvalue weighted by Gasteiger charge is -2.06. The summed E-state index contributed by atoms with van der Waals surface area (Å²) in [4.78, 5) is 0.108. The van der Waals surface area contributed by atoms with Crippen molar-refractivity contribution in [2.45, 2.75) is 11.3 Å². The maximum absolute atomic E-state index is 12.3. The highest BCUT2D eigenvalue weighted by Gasteiger charge is 2.15. The average molecular weight is 402 g/mol. The van der Waals surface area contributed by atoms with Crippen LogP contribution in [0.1, 0.15) is 12.0 Å². The Morgan fingerprint density at radius 1 is 0.793 bits per heavy atom. The third-order valence-electron chi connectivity index (χ3n) is 4.34. The Morgan fingerprint density at radius 2 is 1.55 bits per heavy atom. The minimum absolute atomic E-state index is 0.108. The molecule has 0 radical (unpaired) electrons. The van der Waals surface area contributed by atoms with Crippen molar-refractivity contribution in [2.24, 2.45) is 10.2 Å². The lowest BCUT2D eigenvalue weighted by Crippen LogP contribution is -2.09. The van der Waals surface area contributed by atoms with Gasteiger partial charge in [-0.1, -0.05) is 48.6 Å². The van der Waals surface area contributed by atoms with Crippen molar-refractivity contribution in [1.29, 1.82) is 0 Å². The molecule has 0 heterocycles. The Labute approximate surface area is 169 Å². The molecule has 3 aromatic carbocycles. The van der Waals surface area contributed by atoms with Crippen molar-refractivity contribution in [3.8, 4) is 5.75 Å². The molecule has 0 N–H and O–H groups in total. The SMILES string of the molecule is O=S(=O)(Oc1ccc(N=Nc2cccc(C3=CC=CC3)c2)cc1)c1ccccc1. The highest BCUT2D eigenvalue weighted by atomic mass is 32.2. The van der Waals surface area contributed by atoms with Gasteiger partial charge in [0.1, 0.15) is 10.6 Å². The van der Waals surface area contributed by atoms with E-state index in [0.717, 1.165) is 17.7 Å². The standard InChI is InChI=1S/C23H18N2O3S/c26-29(27,23-11-2-1-3-12-23)28-22-15-13-20(14-16-22)24-25-21-10-6-9-19(17-21)18-7-4-5-8-18/h1-7,9-17H,8H2. The molecule has 0 aliphatic heterocycles. The van der Waals surface area contributed by atoms with Gasteiger partial charge >= 0.3 is 10.1 Å². The maximum Gasteiger partial charge on any atom is 0.339 e. The summed E-state index contributed by atoms with van der Waals surface area (Å²) in [6, 6.07) is 22.3. The van der Waals surface area contributed by atoms with E-state index in [1.807, 2.05) is 24.3 Å². The van der Waals surface area contributed by atoms with Gasteiger partial charge in [0.05, 0.1) is 11.4 Å². The zero-order valence-corrected chi connectivity index (χ0v) is 16.3. The number of nitrogens with zero attached hydrogens (tertiary/aromatic N) is 2. The molecular weight excluding hydrogens is 384 g/mol. The Bertz CT molecular complexity index is 1200. The van der Waals surface area contributed by atoms with Gasteiger partial charge in [-0.05, 0) is 66.1 Å². The fourth-order valence-electron chi connectivity index (χ4n) is 2.87. The van der Waals surface area contributed by atoms with Crippen LogP contribution in [-0.2, 0) is 10.1 Å². The van der Waals surface area contributed by atoms with E-state index in [0.29, 0.717) is 5.69 Å². The predicted molar refractivity (Wildman–Crippen MR) is 113 cm³/mol. The van der Waals surface area contributed by atoms with Crippen molar-refractivity contribution in [3.63, 3.8) is 0 Å². The monoisotopic (exact) mass is 402 g/mol. The zero-order chi connectivity index (χ0) is 20.1. The summed E-state index contributed by atoms with van der Waals surface area (Å²) in [6.07, 6.45) is 7.18. The Hall–Kier alpha value is -3.51. The lowest BCUT2D eigenvalue weighted by atomic mass is 10.1. The lowest BCUT2D eigenvalue weighted by molar-refractivity contribution is 0.486. The number of hydrogen-bond donors (Lipinski definition) is 0. The third kappa shape index (κ3) is 4.67. The first-order valence-electron chi connectivity index (χ1n) is 9.08. The van der Waals surface area contributed by atoms with Gasteiger partial charge in [0.15, 0.2) is 0 Å². The molecule has 3 aromatic rings. The number of allylic oxidation sites excluding steroid dienone is 4. The second kappa shape index (κ2) is 8.24. The first-order chi connectivity index (χ1) is 14.1. The minimum atomic E-state index is -3.86. The Balaban J connectivity index is 1.45. The molecule has 29 heavy (non-hydrogen) atoms. The molecule has 144 valence electrons. The van der Waals surface area contributed by atoms with E-state index in [9.17, 15) is 8.42 Å².